The fraction of sp³-hybridized carbons (Fsp3) is 0.500. The summed E-state index contributed by atoms with van der Waals surface area (Å²) >= 11 is 0. The molecule has 1 heterocycles. The van der Waals surface area contributed by atoms with Gasteiger partial charge in [0.15, 0.2) is 0 Å². The third-order valence-corrected chi connectivity index (χ3v) is 2.15. The average molecular weight is 176 g/mol. The van der Waals surface area contributed by atoms with E-state index in [9.17, 15) is 0 Å². The molecule has 0 aliphatic carbocycles. The molecule has 0 aliphatic heterocycles. The maximum atomic E-state index is 2.16. The molecule has 0 radical (unpaired) electrons. The van der Waals surface area contributed by atoms with E-state index in [1.807, 2.05) is 0 Å². The summed E-state index contributed by atoms with van der Waals surface area (Å²) in [5.41, 5.74) is 3.88. The van der Waals surface area contributed by atoms with Crippen LogP contribution in [0.1, 0.15) is 5.46 Å². The van der Waals surface area contributed by atoms with Gasteiger partial charge in [0.2, 0.25) is 0 Å². The number of nitrogens with zero attached hydrogens (tertiary/aromatic N) is 2. The third-order valence-electron chi connectivity index (χ3n) is 2.15. The Morgan fingerprint density at radius 3 is 2.08 bits per heavy atom. The Morgan fingerprint density at radius 2 is 1.69 bits per heavy atom. The Balaban J connectivity index is 3.26. The van der Waals surface area contributed by atoms with Gasteiger partial charge in [-0.1, -0.05) is 0 Å². The van der Waals surface area contributed by atoms with E-state index in [1.54, 1.807) is 0 Å². The summed E-state index contributed by atoms with van der Waals surface area (Å²) < 4.78 is 0. The van der Waals surface area contributed by atoms with Crippen LogP contribution in [-0.2, 0) is 0 Å². The van der Waals surface area contributed by atoms with E-state index in [0.29, 0.717) is 0 Å². The minimum absolute atomic E-state index is 1.27. The van der Waals surface area contributed by atoms with Gasteiger partial charge in [-0.3, -0.25) is 0 Å². The molecule has 0 aromatic carbocycles. The molecule has 1 aromatic rings. The molecule has 13 heavy (non-hydrogen) atoms. The van der Waals surface area contributed by atoms with E-state index < -0.39 is 0 Å². The van der Waals surface area contributed by atoms with Gasteiger partial charge in [-0.25, -0.2) is 0 Å². The number of hydrogen-bond donors (Lipinski definition) is 0. The van der Waals surface area contributed by atoms with E-state index >= 15 is 0 Å². The van der Waals surface area contributed by atoms with Crippen LogP contribution in [0.25, 0.3) is 0 Å². The van der Waals surface area contributed by atoms with Crippen LogP contribution in [0.5, 0.6) is 0 Å². The van der Waals surface area contributed by atoms with E-state index in [1.165, 1.54) is 16.8 Å². The van der Waals surface area contributed by atoms with Gasteiger partial charge in [0.1, 0.15) is 0 Å². The van der Waals surface area contributed by atoms with Gasteiger partial charge in [-0.2, -0.15) is 0 Å². The van der Waals surface area contributed by atoms with E-state index in [2.05, 4.69) is 63.9 Å². The van der Waals surface area contributed by atoms with E-state index in [0.717, 1.165) is 0 Å². The van der Waals surface area contributed by atoms with Crippen LogP contribution in [0.2, 0.25) is 0 Å². The van der Waals surface area contributed by atoms with Crippen molar-refractivity contribution in [3.63, 3.8) is 0 Å². The topological polar surface area (TPSA) is 6.48 Å². The molecule has 0 spiro atoms. The molecule has 0 atom stereocenters. The molecular formula is C10H17BN2. The van der Waals surface area contributed by atoms with Crippen molar-refractivity contribution in [1.29, 1.82) is 0 Å². The van der Waals surface area contributed by atoms with Gasteiger partial charge in [-0.15, -0.1) is 0 Å². The molecule has 70 valence electrons. The summed E-state index contributed by atoms with van der Waals surface area (Å²) in [6.07, 6.45) is 0. The molecule has 2 nitrogen and oxygen atoms in total. The van der Waals surface area contributed by atoms with E-state index in [4.69, 9.17) is 0 Å². The number of anilines is 2. The predicted octanol–water partition coefficient (Wildman–Crippen LogP) is 1.47. The van der Waals surface area contributed by atoms with Gasteiger partial charge < -0.3 is 0 Å². The van der Waals surface area contributed by atoms with Crippen molar-refractivity contribution in [1.82, 2.24) is 0 Å². The van der Waals surface area contributed by atoms with Crippen LogP contribution in [0, 0.1) is 6.92 Å². The molecule has 0 aliphatic rings. The first-order valence-corrected chi connectivity index (χ1v) is 4.48. The molecule has 0 unspecified atom stereocenters. The van der Waals surface area contributed by atoms with Gasteiger partial charge in [0.05, 0.1) is 0 Å². The Bertz CT molecular complexity index is 295. The van der Waals surface area contributed by atoms with Crippen LogP contribution in [0.4, 0.5) is 11.4 Å². The first-order valence-electron chi connectivity index (χ1n) is 4.48. The van der Waals surface area contributed by atoms with Gasteiger partial charge in [0, 0.05) is 0 Å². The monoisotopic (exact) mass is 176 g/mol. The Kier molecular flexibility index (Phi) is 2.96. The second-order valence-electron chi connectivity index (χ2n) is 3.73. The molecule has 3 heteroatoms. The zero-order chi connectivity index (χ0) is 10.0. The van der Waals surface area contributed by atoms with Crippen molar-refractivity contribution in [3.05, 3.63) is 17.5 Å². The summed E-state index contributed by atoms with van der Waals surface area (Å²) in [5.74, 6) is 2.09. The van der Waals surface area contributed by atoms with Crippen molar-refractivity contribution in [3.8, 4) is 0 Å². The molecule has 0 fully saturated rings. The van der Waals surface area contributed by atoms with Crippen molar-refractivity contribution in [2.24, 2.45) is 0 Å². The van der Waals surface area contributed by atoms with Crippen molar-refractivity contribution >= 4 is 18.3 Å². The van der Waals surface area contributed by atoms with Crippen LogP contribution < -0.4 is 9.80 Å². The normalized spacial score (nSPS) is 9.62. The van der Waals surface area contributed by atoms with Gasteiger partial charge in [0.25, 0.3) is 0 Å². The zero-order valence-corrected chi connectivity index (χ0v) is 9.13. The fourth-order valence-corrected chi connectivity index (χ4v) is 1.59. The summed E-state index contributed by atoms with van der Waals surface area (Å²) in [5, 5.41) is 0. The SMILES string of the molecule is Cc1bccc(N(C)C)c1N(C)C. The Labute approximate surface area is 81.4 Å². The zero-order valence-electron chi connectivity index (χ0n) is 9.13. The summed E-state index contributed by atoms with van der Waals surface area (Å²) in [4.78, 5) is 4.30. The summed E-state index contributed by atoms with van der Waals surface area (Å²) in [7, 11) is 8.30. The summed E-state index contributed by atoms with van der Waals surface area (Å²) in [6, 6.07) is 2.14. The van der Waals surface area contributed by atoms with Crippen molar-refractivity contribution in [2.45, 2.75) is 6.92 Å². The molecule has 0 N–H and O–H groups in total. The molecule has 0 bridgehead atoms. The maximum absolute atomic E-state index is 2.16. The second kappa shape index (κ2) is 3.82. The van der Waals surface area contributed by atoms with Crippen molar-refractivity contribution < 1.29 is 0 Å². The predicted molar refractivity (Wildman–Crippen MR) is 61.2 cm³/mol. The first-order chi connectivity index (χ1) is 6.04. The quantitative estimate of drug-likeness (QED) is 0.673. The minimum atomic E-state index is 1.27. The molecule has 0 saturated carbocycles. The molecule has 1 aromatic heterocycles. The van der Waals surface area contributed by atoms with Crippen LogP contribution in [0.3, 0.4) is 0 Å². The Hall–Kier alpha value is -0.985. The average Bonchev–Trinajstić information content (AvgIpc) is 2.02. The second-order valence-corrected chi connectivity index (χ2v) is 3.73. The molecule has 0 amide bonds. The first kappa shape index (κ1) is 10.1. The van der Waals surface area contributed by atoms with E-state index in [-0.39, 0.29) is 0 Å². The van der Waals surface area contributed by atoms with Crippen LogP contribution >= 0.6 is 0 Å². The van der Waals surface area contributed by atoms with Crippen molar-refractivity contribution in [2.75, 3.05) is 38.0 Å². The number of rotatable bonds is 2. The molecule has 0 saturated heterocycles. The molecular weight excluding hydrogens is 159 g/mol. The Morgan fingerprint density at radius 1 is 1.08 bits per heavy atom. The fourth-order valence-electron chi connectivity index (χ4n) is 1.59. The van der Waals surface area contributed by atoms with Crippen LogP contribution in [0.15, 0.2) is 12.0 Å². The number of hydrogen-bond acceptors (Lipinski definition) is 2. The van der Waals surface area contributed by atoms with Crippen LogP contribution in [-0.4, -0.2) is 35.1 Å². The summed E-state index contributed by atoms with van der Waals surface area (Å²) in [6.45, 7) is 4.28. The van der Waals surface area contributed by atoms with Gasteiger partial charge in [-0.05, 0) is 0 Å². The third kappa shape index (κ3) is 2.03. The number of aryl methyl sites for hydroxylation is 1. The standard InChI is InChI=1S/C10H17BN2/c1-8-10(13(4)5)9(12(2)3)6-7-11-8/h6-7H,1-5H3. The molecule has 1 rings (SSSR count). The van der Waals surface area contributed by atoms with Gasteiger partial charge >= 0.3 is 80.7 Å².